The molecule has 1 amide bonds. The molecule has 1 unspecified atom stereocenters. The normalized spacial score (nSPS) is 20.1. The largest absolute Gasteiger partial charge is 0.469 e. The molecule has 7 heteroatoms. The van der Waals surface area contributed by atoms with E-state index in [2.05, 4.69) is 32.8 Å². The summed E-state index contributed by atoms with van der Waals surface area (Å²) >= 11 is 0. The van der Waals surface area contributed by atoms with Crippen LogP contribution in [-0.4, -0.2) is 57.0 Å². The van der Waals surface area contributed by atoms with Crippen LogP contribution in [0.15, 0.2) is 73.2 Å². The summed E-state index contributed by atoms with van der Waals surface area (Å²) in [7, 11) is 1.42. The molecule has 0 aliphatic carbocycles. The van der Waals surface area contributed by atoms with E-state index in [-0.39, 0.29) is 18.3 Å². The van der Waals surface area contributed by atoms with Crippen LogP contribution in [-0.2, 0) is 27.4 Å². The van der Waals surface area contributed by atoms with E-state index in [1.54, 1.807) is 6.20 Å². The van der Waals surface area contributed by atoms with Crippen molar-refractivity contribution in [3.8, 4) is 5.69 Å². The second kappa shape index (κ2) is 9.43. The van der Waals surface area contributed by atoms with Gasteiger partial charge in [0.25, 0.3) is 0 Å². The second-order valence-electron chi connectivity index (χ2n) is 9.21. The van der Waals surface area contributed by atoms with Gasteiger partial charge in [-0.3, -0.25) is 19.5 Å². The third kappa shape index (κ3) is 4.12. The van der Waals surface area contributed by atoms with Crippen molar-refractivity contribution < 1.29 is 14.3 Å². The van der Waals surface area contributed by atoms with Crippen LogP contribution in [0.4, 0.5) is 0 Å². The molecule has 0 saturated carbocycles. The van der Waals surface area contributed by atoms with Crippen molar-refractivity contribution in [2.45, 2.75) is 37.9 Å². The van der Waals surface area contributed by atoms with Crippen molar-refractivity contribution in [3.63, 3.8) is 0 Å². The zero-order valence-electron chi connectivity index (χ0n) is 19.5. The highest BCUT2D eigenvalue weighted by atomic mass is 16.5. The Morgan fingerprint density at radius 1 is 1.06 bits per heavy atom. The van der Waals surface area contributed by atoms with Crippen LogP contribution in [0.25, 0.3) is 5.69 Å². The summed E-state index contributed by atoms with van der Waals surface area (Å²) in [6.45, 7) is 2.94. The fourth-order valence-corrected chi connectivity index (χ4v) is 5.61. The van der Waals surface area contributed by atoms with E-state index >= 15 is 0 Å². The number of esters is 1. The molecule has 0 N–H and O–H groups in total. The molecular weight excluding hydrogens is 428 g/mol. The number of piperidine rings is 1. The van der Waals surface area contributed by atoms with Gasteiger partial charge in [0.05, 0.1) is 30.5 Å². The summed E-state index contributed by atoms with van der Waals surface area (Å²) in [6.07, 6.45) is 7.42. The molecule has 3 aromatic rings. The van der Waals surface area contributed by atoms with Gasteiger partial charge in [0, 0.05) is 50.7 Å². The topological polar surface area (TPSA) is 67.7 Å². The molecule has 0 radical (unpaired) electrons. The lowest BCUT2D eigenvalue weighted by Crippen LogP contribution is -2.57. The first-order valence-corrected chi connectivity index (χ1v) is 11.8. The molecule has 7 nitrogen and oxygen atoms in total. The molecule has 1 atom stereocenters. The Bertz CT molecular complexity index is 1140. The van der Waals surface area contributed by atoms with Gasteiger partial charge in [0.2, 0.25) is 5.91 Å². The smallest absolute Gasteiger partial charge is 0.311 e. The van der Waals surface area contributed by atoms with Crippen LogP contribution in [0.1, 0.15) is 30.5 Å². The van der Waals surface area contributed by atoms with Gasteiger partial charge < -0.3 is 14.2 Å². The highest BCUT2D eigenvalue weighted by Crippen LogP contribution is 2.45. The third-order valence-electron chi connectivity index (χ3n) is 7.40. The lowest BCUT2D eigenvalue weighted by Gasteiger charge is -2.47. The molecule has 2 aromatic heterocycles. The fourth-order valence-electron chi connectivity index (χ4n) is 5.61. The van der Waals surface area contributed by atoms with Crippen molar-refractivity contribution >= 4 is 11.9 Å². The summed E-state index contributed by atoms with van der Waals surface area (Å²) in [5, 5.41) is 0. The Hall–Kier alpha value is -3.45. The van der Waals surface area contributed by atoms with E-state index in [0.717, 1.165) is 43.7 Å². The number of likely N-dealkylation sites (tertiary alicyclic amines) is 2. The van der Waals surface area contributed by atoms with E-state index in [4.69, 9.17) is 4.74 Å². The predicted octanol–water partition coefficient (Wildman–Crippen LogP) is 3.43. The van der Waals surface area contributed by atoms with Crippen molar-refractivity contribution in [2.24, 2.45) is 5.92 Å². The van der Waals surface area contributed by atoms with Crippen LogP contribution >= 0.6 is 0 Å². The van der Waals surface area contributed by atoms with Gasteiger partial charge in [-0.15, -0.1) is 0 Å². The molecule has 5 rings (SSSR count). The summed E-state index contributed by atoms with van der Waals surface area (Å²) in [5.41, 5.74) is 2.81. The molecule has 2 aliphatic heterocycles. The van der Waals surface area contributed by atoms with Gasteiger partial charge in [-0.25, -0.2) is 0 Å². The Morgan fingerprint density at radius 2 is 1.85 bits per heavy atom. The Morgan fingerprint density at radius 3 is 2.56 bits per heavy atom. The van der Waals surface area contributed by atoms with E-state index in [1.807, 2.05) is 53.6 Å². The lowest BCUT2D eigenvalue weighted by molar-refractivity contribution is -0.150. The molecule has 0 bridgehead atoms. The van der Waals surface area contributed by atoms with Crippen LogP contribution in [0.5, 0.6) is 0 Å². The molecule has 2 aliphatic rings. The van der Waals surface area contributed by atoms with Crippen molar-refractivity contribution in [1.29, 1.82) is 0 Å². The monoisotopic (exact) mass is 458 g/mol. The van der Waals surface area contributed by atoms with Gasteiger partial charge in [-0.05, 0) is 42.7 Å². The number of carbonyl (C=O) groups excluding carboxylic acids is 2. The minimum atomic E-state index is -0.498. The molecule has 2 fully saturated rings. The number of hydrogen-bond donors (Lipinski definition) is 0. The molecule has 34 heavy (non-hydrogen) atoms. The van der Waals surface area contributed by atoms with Gasteiger partial charge in [0.1, 0.15) is 0 Å². The number of amides is 1. The minimum Gasteiger partial charge on any atom is -0.469 e. The summed E-state index contributed by atoms with van der Waals surface area (Å²) in [6, 6.07) is 18.2. The second-order valence-corrected chi connectivity index (χ2v) is 9.21. The van der Waals surface area contributed by atoms with E-state index in [1.165, 1.54) is 12.8 Å². The number of pyridine rings is 1. The SMILES string of the molecule is COC(=O)C1CC(=O)N(Cc2ccccc2)C12CCN(Cc1cccn1-c1cccnc1)CC2. The van der Waals surface area contributed by atoms with Crippen LogP contribution in [0.2, 0.25) is 0 Å². The Balaban J connectivity index is 1.35. The molecule has 1 spiro atoms. The molecule has 4 heterocycles. The average Bonchev–Trinajstić information content (AvgIpc) is 3.44. The van der Waals surface area contributed by atoms with Gasteiger partial charge in [0.15, 0.2) is 0 Å². The highest BCUT2D eigenvalue weighted by molar-refractivity contribution is 5.89. The Kier molecular flexibility index (Phi) is 6.20. The van der Waals surface area contributed by atoms with Gasteiger partial charge >= 0.3 is 5.97 Å². The number of rotatable bonds is 6. The number of nitrogens with zero attached hydrogens (tertiary/aromatic N) is 4. The highest BCUT2D eigenvalue weighted by Gasteiger charge is 2.56. The van der Waals surface area contributed by atoms with Crippen molar-refractivity contribution in [3.05, 3.63) is 84.4 Å². The maximum Gasteiger partial charge on any atom is 0.311 e. The first-order chi connectivity index (χ1) is 16.6. The first-order valence-electron chi connectivity index (χ1n) is 11.8. The fraction of sp³-hybridized carbons (Fsp3) is 0.370. The van der Waals surface area contributed by atoms with Gasteiger partial charge in [-0.1, -0.05) is 30.3 Å². The maximum absolute atomic E-state index is 13.1. The van der Waals surface area contributed by atoms with Crippen LogP contribution < -0.4 is 0 Å². The lowest BCUT2D eigenvalue weighted by atomic mass is 9.76. The zero-order chi connectivity index (χ0) is 23.5. The van der Waals surface area contributed by atoms with Crippen molar-refractivity contribution in [2.75, 3.05) is 20.2 Å². The first kappa shape index (κ1) is 22.3. The van der Waals surface area contributed by atoms with Gasteiger partial charge in [-0.2, -0.15) is 0 Å². The number of carbonyl (C=O) groups is 2. The summed E-state index contributed by atoms with van der Waals surface area (Å²) in [5.74, 6) is -0.656. The standard InChI is InChI=1S/C27H30N4O3/c1-34-26(33)24-17-25(32)31(19-21-7-3-2-4-8-21)27(24)11-15-29(16-12-27)20-23-10-6-14-30(23)22-9-5-13-28-18-22/h2-10,13-14,18,24H,11-12,15-17,19-20H2,1H3. The van der Waals surface area contributed by atoms with Crippen LogP contribution in [0.3, 0.4) is 0 Å². The van der Waals surface area contributed by atoms with Crippen LogP contribution in [0, 0.1) is 5.92 Å². The van der Waals surface area contributed by atoms with E-state index in [9.17, 15) is 9.59 Å². The molecule has 176 valence electrons. The predicted molar refractivity (Wildman–Crippen MR) is 128 cm³/mol. The van der Waals surface area contributed by atoms with E-state index in [0.29, 0.717) is 6.54 Å². The number of benzene rings is 1. The quantitative estimate of drug-likeness (QED) is 0.530. The third-order valence-corrected chi connectivity index (χ3v) is 7.40. The maximum atomic E-state index is 13.1. The Labute approximate surface area is 200 Å². The molecular formula is C27H30N4O3. The zero-order valence-corrected chi connectivity index (χ0v) is 19.5. The average molecular weight is 459 g/mol. The molecule has 1 aromatic carbocycles. The number of aromatic nitrogens is 2. The molecule has 2 saturated heterocycles. The van der Waals surface area contributed by atoms with Crippen molar-refractivity contribution in [1.82, 2.24) is 19.4 Å². The summed E-state index contributed by atoms with van der Waals surface area (Å²) < 4.78 is 7.31. The summed E-state index contributed by atoms with van der Waals surface area (Å²) in [4.78, 5) is 34.5. The minimum absolute atomic E-state index is 0.0400. The van der Waals surface area contributed by atoms with E-state index < -0.39 is 11.5 Å². The number of ether oxygens (including phenoxy) is 1. The number of hydrogen-bond acceptors (Lipinski definition) is 5. The number of methoxy groups -OCH3 is 1.